The third kappa shape index (κ3) is 3.32. The van der Waals surface area contributed by atoms with Crippen LogP contribution in [0.1, 0.15) is 19.2 Å². The molecule has 1 aromatic heterocycles. The van der Waals surface area contributed by atoms with Crippen molar-refractivity contribution in [2.24, 2.45) is 11.7 Å². The number of nitrogens with zero attached hydrogens (tertiary/aromatic N) is 3. The van der Waals surface area contributed by atoms with E-state index in [-0.39, 0.29) is 11.8 Å². The highest BCUT2D eigenvalue weighted by molar-refractivity contribution is 5.78. The number of H-pyrrole nitrogens is 1. The molecule has 0 radical (unpaired) electrons. The highest BCUT2D eigenvalue weighted by Gasteiger charge is 2.17. The van der Waals surface area contributed by atoms with E-state index in [1.165, 1.54) is 6.33 Å². The van der Waals surface area contributed by atoms with E-state index in [0.717, 1.165) is 0 Å². The molecule has 0 saturated carbocycles. The zero-order chi connectivity index (χ0) is 11.3. The first-order valence-electron chi connectivity index (χ1n) is 4.94. The second-order valence-corrected chi connectivity index (χ2v) is 3.60. The van der Waals surface area contributed by atoms with E-state index in [2.05, 4.69) is 15.2 Å². The van der Waals surface area contributed by atoms with E-state index < -0.39 is 0 Å². The fourth-order valence-electron chi connectivity index (χ4n) is 1.36. The van der Waals surface area contributed by atoms with Gasteiger partial charge in [-0.3, -0.25) is 9.89 Å². The SMILES string of the molecule is CC(CCN)C(=O)N(C)Cc1ncn[nH]1. The molecule has 1 unspecified atom stereocenters. The number of hydrogen-bond donors (Lipinski definition) is 2. The average Bonchev–Trinajstić information content (AvgIpc) is 2.69. The van der Waals surface area contributed by atoms with Crippen molar-refractivity contribution in [2.75, 3.05) is 13.6 Å². The van der Waals surface area contributed by atoms with Gasteiger partial charge < -0.3 is 10.6 Å². The maximum absolute atomic E-state index is 11.8. The number of nitrogens with two attached hydrogens (primary N) is 1. The van der Waals surface area contributed by atoms with Crippen LogP contribution in [0.25, 0.3) is 0 Å². The van der Waals surface area contributed by atoms with Crippen LogP contribution < -0.4 is 5.73 Å². The van der Waals surface area contributed by atoms with Crippen LogP contribution in [0.4, 0.5) is 0 Å². The smallest absolute Gasteiger partial charge is 0.225 e. The lowest BCUT2D eigenvalue weighted by Crippen LogP contribution is -2.32. The molecule has 0 aliphatic carbocycles. The Morgan fingerprint density at radius 3 is 3.00 bits per heavy atom. The summed E-state index contributed by atoms with van der Waals surface area (Å²) in [5.41, 5.74) is 5.40. The molecule has 1 heterocycles. The molecule has 6 heteroatoms. The lowest BCUT2D eigenvalue weighted by Gasteiger charge is -2.19. The van der Waals surface area contributed by atoms with Gasteiger partial charge in [0.05, 0.1) is 6.54 Å². The third-order valence-corrected chi connectivity index (χ3v) is 2.25. The van der Waals surface area contributed by atoms with Crippen molar-refractivity contribution < 1.29 is 4.79 Å². The van der Waals surface area contributed by atoms with Crippen LogP contribution in [0.15, 0.2) is 6.33 Å². The Kier molecular flexibility index (Phi) is 4.23. The molecule has 1 aromatic rings. The van der Waals surface area contributed by atoms with Gasteiger partial charge in [-0.15, -0.1) is 0 Å². The zero-order valence-electron chi connectivity index (χ0n) is 9.10. The van der Waals surface area contributed by atoms with Gasteiger partial charge in [0.15, 0.2) is 0 Å². The molecular weight excluding hydrogens is 194 g/mol. The molecule has 1 atom stereocenters. The van der Waals surface area contributed by atoms with Gasteiger partial charge in [0.1, 0.15) is 12.2 Å². The topological polar surface area (TPSA) is 87.9 Å². The minimum absolute atomic E-state index is 0.0390. The summed E-state index contributed by atoms with van der Waals surface area (Å²) in [6.45, 7) is 2.86. The van der Waals surface area contributed by atoms with E-state index >= 15 is 0 Å². The number of carbonyl (C=O) groups is 1. The number of rotatable bonds is 5. The standard InChI is InChI=1S/C9H17N5O/c1-7(3-4-10)9(15)14(2)5-8-11-6-12-13-8/h6-7H,3-5,10H2,1-2H3,(H,11,12,13). The van der Waals surface area contributed by atoms with Gasteiger partial charge in [-0.25, -0.2) is 4.98 Å². The molecule has 6 nitrogen and oxygen atoms in total. The Balaban J connectivity index is 2.46. The van der Waals surface area contributed by atoms with Crippen LogP contribution in [-0.2, 0) is 11.3 Å². The van der Waals surface area contributed by atoms with E-state index in [0.29, 0.717) is 25.3 Å². The minimum Gasteiger partial charge on any atom is -0.338 e. The molecule has 0 aliphatic heterocycles. The summed E-state index contributed by atoms with van der Waals surface area (Å²) >= 11 is 0. The van der Waals surface area contributed by atoms with Crippen molar-refractivity contribution >= 4 is 5.91 Å². The second kappa shape index (κ2) is 5.45. The summed E-state index contributed by atoms with van der Waals surface area (Å²) in [5, 5.41) is 6.44. The van der Waals surface area contributed by atoms with Gasteiger partial charge in [0.2, 0.25) is 5.91 Å². The zero-order valence-corrected chi connectivity index (χ0v) is 9.10. The minimum atomic E-state index is -0.0390. The summed E-state index contributed by atoms with van der Waals surface area (Å²) in [5.74, 6) is 0.727. The molecule has 84 valence electrons. The highest BCUT2D eigenvalue weighted by atomic mass is 16.2. The van der Waals surface area contributed by atoms with Crippen LogP contribution in [-0.4, -0.2) is 39.6 Å². The van der Waals surface area contributed by atoms with E-state index in [4.69, 9.17) is 5.73 Å². The predicted molar refractivity (Wildman–Crippen MR) is 55.7 cm³/mol. The van der Waals surface area contributed by atoms with E-state index in [9.17, 15) is 4.79 Å². The summed E-state index contributed by atoms with van der Waals surface area (Å²) in [6.07, 6.45) is 2.14. The Morgan fingerprint density at radius 2 is 2.47 bits per heavy atom. The fraction of sp³-hybridized carbons (Fsp3) is 0.667. The van der Waals surface area contributed by atoms with Crippen LogP contribution >= 0.6 is 0 Å². The molecular formula is C9H17N5O. The molecule has 0 bridgehead atoms. The van der Waals surface area contributed by atoms with Crippen LogP contribution in [0.2, 0.25) is 0 Å². The van der Waals surface area contributed by atoms with Crippen LogP contribution in [0, 0.1) is 5.92 Å². The summed E-state index contributed by atoms with van der Waals surface area (Å²) < 4.78 is 0. The molecule has 1 rings (SSSR count). The van der Waals surface area contributed by atoms with Crippen molar-refractivity contribution in [3.63, 3.8) is 0 Å². The number of nitrogens with one attached hydrogen (secondary N) is 1. The first-order chi connectivity index (χ1) is 7.15. The van der Waals surface area contributed by atoms with Crippen molar-refractivity contribution in [2.45, 2.75) is 19.9 Å². The molecule has 0 fully saturated rings. The quantitative estimate of drug-likeness (QED) is 0.703. The first-order valence-corrected chi connectivity index (χ1v) is 4.94. The van der Waals surface area contributed by atoms with Crippen LogP contribution in [0.5, 0.6) is 0 Å². The lowest BCUT2D eigenvalue weighted by atomic mass is 10.1. The second-order valence-electron chi connectivity index (χ2n) is 3.60. The van der Waals surface area contributed by atoms with Crippen molar-refractivity contribution in [3.05, 3.63) is 12.2 Å². The molecule has 0 aromatic carbocycles. The number of aromatic nitrogens is 3. The predicted octanol–water partition coefficient (Wildman–Crippen LogP) is -0.252. The number of amides is 1. The van der Waals surface area contributed by atoms with Crippen molar-refractivity contribution in [1.82, 2.24) is 20.1 Å². The Hall–Kier alpha value is -1.43. The first kappa shape index (κ1) is 11.6. The fourth-order valence-corrected chi connectivity index (χ4v) is 1.36. The average molecular weight is 211 g/mol. The van der Waals surface area contributed by atoms with Gasteiger partial charge in [-0.05, 0) is 13.0 Å². The largest absolute Gasteiger partial charge is 0.338 e. The van der Waals surface area contributed by atoms with Crippen molar-refractivity contribution in [3.8, 4) is 0 Å². The highest BCUT2D eigenvalue weighted by Crippen LogP contribution is 2.06. The van der Waals surface area contributed by atoms with Gasteiger partial charge in [-0.2, -0.15) is 5.10 Å². The third-order valence-electron chi connectivity index (χ3n) is 2.25. The van der Waals surface area contributed by atoms with E-state index in [1.807, 2.05) is 6.92 Å². The molecule has 0 aliphatic rings. The number of carbonyl (C=O) groups excluding carboxylic acids is 1. The summed E-state index contributed by atoms with van der Waals surface area (Å²) in [6, 6.07) is 0. The van der Waals surface area contributed by atoms with Gasteiger partial charge >= 0.3 is 0 Å². The van der Waals surface area contributed by atoms with Gasteiger partial charge in [-0.1, -0.05) is 6.92 Å². The molecule has 15 heavy (non-hydrogen) atoms. The Labute approximate surface area is 88.9 Å². The maximum Gasteiger partial charge on any atom is 0.225 e. The monoisotopic (exact) mass is 211 g/mol. The van der Waals surface area contributed by atoms with Crippen molar-refractivity contribution in [1.29, 1.82) is 0 Å². The van der Waals surface area contributed by atoms with Gasteiger partial charge in [0.25, 0.3) is 0 Å². The normalized spacial score (nSPS) is 12.5. The van der Waals surface area contributed by atoms with E-state index in [1.54, 1.807) is 11.9 Å². The Morgan fingerprint density at radius 1 is 1.73 bits per heavy atom. The summed E-state index contributed by atoms with van der Waals surface area (Å²) in [7, 11) is 1.75. The molecule has 0 saturated heterocycles. The Bertz CT molecular complexity index is 297. The summed E-state index contributed by atoms with van der Waals surface area (Å²) in [4.78, 5) is 17.4. The lowest BCUT2D eigenvalue weighted by molar-refractivity contribution is -0.134. The molecule has 0 spiro atoms. The molecule has 3 N–H and O–H groups in total. The number of hydrogen-bond acceptors (Lipinski definition) is 4. The van der Waals surface area contributed by atoms with Gasteiger partial charge in [0, 0.05) is 13.0 Å². The van der Waals surface area contributed by atoms with Crippen LogP contribution in [0.3, 0.4) is 0 Å². The maximum atomic E-state index is 11.8. The molecule has 1 amide bonds. The number of aromatic amines is 1.